The summed E-state index contributed by atoms with van der Waals surface area (Å²) in [7, 11) is 0. The molecule has 0 saturated heterocycles. The molecule has 0 saturated carbocycles. The molecule has 1 amide bonds. The van der Waals surface area contributed by atoms with Gasteiger partial charge in [-0.1, -0.05) is 18.2 Å². The standard InChI is InChI=1S/C15H13IN2O/c16-12-4-2-6-14(10-12)18-15(19)8-7-11-3-1-5-13(17)9-11/h1-10H,17H2,(H,18,19)/b8-7+. The molecule has 0 aliphatic heterocycles. The van der Waals surface area contributed by atoms with E-state index in [1.807, 2.05) is 48.5 Å². The van der Waals surface area contributed by atoms with E-state index in [4.69, 9.17) is 5.73 Å². The highest BCUT2D eigenvalue weighted by atomic mass is 127. The molecule has 0 fully saturated rings. The summed E-state index contributed by atoms with van der Waals surface area (Å²) in [5.41, 5.74) is 8.04. The van der Waals surface area contributed by atoms with Crippen molar-refractivity contribution in [1.82, 2.24) is 0 Å². The molecule has 0 aliphatic rings. The van der Waals surface area contributed by atoms with Crippen LogP contribution in [0.2, 0.25) is 0 Å². The highest BCUT2D eigenvalue weighted by molar-refractivity contribution is 14.1. The summed E-state index contributed by atoms with van der Waals surface area (Å²) in [4.78, 5) is 11.8. The highest BCUT2D eigenvalue weighted by Crippen LogP contribution is 2.13. The maximum Gasteiger partial charge on any atom is 0.248 e. The van der Waals surface area contributed by atoms with Crippen LogP contribution in [0.5, 0.6) is 0 Å². The van der Waals surface area contributed by atoms with Gasteiger partial charge < -0.3 is 11.1 Å². The number of amides is 1. The lowest BCUT2D eigenvalue weighted by Crippen LogP contribution is -2.07. The fraction of sp³-hybridized carbons (Fsp3) is 0. The highest BCUT2D eigenvalue weighted by Gasteiger charge is 1.98. The zero-order valence-corrected chi connectivity index (χ0v) is 12.3. The van der Waals surface area contributed by atoms with E-state index in [1.165, 1.54) is 6.08 Å². The molecule has 0 heterocycles. The van der Waals surface area contributed by atoms with Gasteiger partial charge in [-0.05, 0) is 64.6 Å². The lowest BCUT2D eigenvalue weighted by Gasteiger charge is -2.02. The Morgan fingerprint density at radius 1 is 1.16 bits per heavy atom. The van der Waals surface area contributed by atoms with E-state index in [0.29, 0.717) is 5.69 Å². The minimum Gasteiger partial charge on any atom is -0.399 e. The number of nitrogens with one attached hydrogen (secondary N) is 1. The molecule has 0 atom stereocenters. The molecule has 4 heteroatoms. The average molecular weight is 364 g/mol. The van der Waals surface area contributed by atoms with Crippen molar-refractivity contribution in [2.75, 3.05) is 11.1 Å². The Hall–Kier alpha value is -1.82. The Morgan fingerprint density at radius 3 is 2.68 bits per heavy atom. The van der Waals surface area contributed by atoms with Gasteiger partial charge in [0, 0.05) is 21.0 Å². The van der Waals surface area contributed by atoms with Gasteiger partial charge in [0.2, 0.25) is 5.91 Å². The number of hydrogen-bond acceptors (Lipinski definition) is 2. The topological polar surface area (TPSA) is 55.1 Å². The Balaban J connectivity index is 2.01. The predicted molar refractivity (Wildman–Crippen MR) is 87.7 cm³/mol. The van der Waals surface area contributed by atoms with Crippen LogP contribution in [0.4, 0.5) is 11.4 Å². The number of anilines is 2. The molecule has 0 aromatic heterocycles. The molecule has 0 aliphatic carbocycles. The van der Waals surface area contributed by atoms with Crippen molar-refractivity contribution in [1.29, 1.82) is 0 Å². The minimum absolute atomic E-state index is 0.163. The molecular weight excluding hydrogens is 351 g/mol. The third-order valence-electron chi connectivity index (χ3n) is 2.43. The van der Waals surface area contributed by atoms with E-state index >= 15 is 0 Å². The van der Waals surface area contributed by atoms with Crippen molar-refractivity contribution in [3.05, 3.63) is 63.7 Å². The van der Waals surface area contributed by atoms with E-state index in [0.717, 1.165) is 14.8 Å². The van der Waals surface area contributed by atoms with Crippen molar-refractivity contribution in [3.63, 3.8) is 0 Å². The van der Waals surface area contributed by atoms with Crippen LogP contribution in [0.3, 0.4) is 0 Å². The first-order valence-electron chi connectivity index (χ1n) is 5.74. The molecule has 0 bridgehead atoms. The Labute approximate surface area is 125 Å². The van der Waals surface area contributed by atoms with Crippen LogP contribution in [0.25, 0.3) is 6.08 Å². The zero-order chi connectivity index (χ0) is 13.7. The summed E-state index contributed by atoms with van der Waals surface area (Å²) in [6.07, 6.45) is 3.23. The number of nitrogen functional groups attached to an aromatic ring is 1. The van der Waals surface area contributed by atoms with Crippen LogP contribution in [0.1, 0.15) is 5.56 Å². The lowest BCUT2D eigenvalue weighted by atomic mass is 10.2. The van der Waals surface area contributed by atoms with Crippen molar-refractivity contribution >= 4 is 45.9 Å². The summed E-state index contributed by atoms with van der Waals surface area (Å²) in [5.74, 6) is -0.163. The Bertz CT molecular complexity index is 623. The van der Waals surface area contributed by atoms with Gasteiger partial charge in [0.15, 0.2) is 0 Å². The molecule has 2 rings (SSSR count). The monoisotopic (exact) mass is 364 g/mol. The number of carbonyl (C=O) groups is 1. The lowest BCUT2D eigenvalue weighted by molar-refractivity contribution is -0.111. The van der Waals surface area contributed by atoms with Gasteiger partial charge in [0.1, 0.15) is 0 Å². The summed E-state index contributed by atoms with van der Waals surface area (Å²) in [6, 6.07) is 15.0. The molecule has 19 heavy (non-hydrogen) atoms. The number of halogens is 1. The van der Waals surface area contributed by atoms with E-state index < -0.39 is 0 Å². The quantitative estimate of drug-likeness (QED) is 0.498. The Kier molecular flexibility index (Phi) is 4.57. The summed E-state index contributed by atoms with van der Waals surface area (Å²) >= 11 is 2.20. The van der Waals surface area contributed by atoms with E-state index in [-0.39, 0.29) is 5.91 Å². The molecule has 0 unspecified atom stereocenters. The third kappa shape index (κ3) is 4.40. The molecule has 2 aromatic rings. The average Bonchev–Trinajstić information content (AvgIpc) is 2.36. The van der Waals surface area contributed by atoms with Gasteiger partial charge in [-0.25, -0.2) is 0 Å². The SMILES string of the molecule is Nc1cccc(/C=C/C(=O)Nc2cccc(I)c2)c1. The van der Waals surface area contributed by atoms with E-state index in [1.54, 1.807) is 6.08 Å². The van der Waals surface area contributed by atoms with Crippen molar-refractivity contribution in [3.8, 4) is 0 Å². The van der Waals surface area contributed by atoms with Crippen LogP contribution in [-0.4, -0.2) is 5.91 Å². The van der Waals surface area contributed by atoms with Gasteiger partial charge in [-0.15, -0.1) is 0 Å². The first-order chi connectivity index (χ1) is 9.13. The molecule has 0 spiro atoms. The fourth-order valence-corrected chi connectivity index (χ4v) is 2.13. The van der Waals surface area contributed by atoms with E-state index in [2.05, 4.69) is 27.9 Å². The van der Waals surface area contributed by atoms with Gasteiger partial charge >= 0.3 is 0 Å². The maximum absolute atomic E-state index is 11.8. The fourth-order valence-electron chi connectivity index (χ4n) is 1.58. The van der Waals surface area contributed by atoms with Gasteiger partial charge in [0.05, 0.1) is 0 Å². The summed E-state index contributed by atoms with van der Waals surface area (Å²) < 4.78 is 1.08. The van der Waals surface area contributed by atoms with Gasteiger partial charge in [-0.2, -0.15) is 0 Å². The van der Waals surface area contributed by atoms with Crippen LogP contribution in [0, 0.1) is 3.57 Å². The van der Waals surface area contributed by atoms with E-state index in [9.17, 15) is 4.79 Å². The normalized spacial score (nSPS) is 10.6. The number of benzene rings is 2. The predicted octanol–water partition coefficient (Wildman–Crippen LogP) is 3.53. The largest absolute Gasteiger partial charge is 0.399 e. The first-order valence-corrected chi connectivity index (χ1v) is 6.81. The Morgan fingerprint density at radius 2 is 1.95 bits per heavy atom. The molecular formula is C15H13IN2O. The second kappa shape index (κ2) is 6.38. The van der Waals surface area contributed by atoms with Gasteiger partial charge in [-0.3, -0.25) is 4.79 Å². The number of carbonyl (C=O) groups excluding carboxylic acids is 1. The smallest absolute Gasteiger partial charge is 0.248 e. The third-order valence-corrected chi connectivity index (χ3v) is 3.10. The number of hydrogen-bond donors (Lipinski definition) is 2. The minimum atomic E-state index is -0.163. The first kappa shape index (κ1) is 13.6. The number of rotatable bonds is 3. The van der Waals surface area contributed by atoms with Gasteiger partial charge in [0.25, 0.3) is 0 Å². The molecule has 3 nitrogen and oxygen atoms in total. The summed E-state index contributed by atoms with van der Waals surface area (Å²) in [5, 5.41) is 2.81. The second-order valence-electron chi connectivity index (χ2n) is 4.00. The van der Waals surface area contributed by atoms with Crippen LogP contribution in [0.15, 0.2) is 54.6 Å². The zero-order valence-electron chi connectivity index (χ0n) is 10.1. The van der Waals surface area contributed by atoms with Crippen LogP contribution < -0.4 is 11.1 Å². The molecule has 2 aromatic carbocycles. The molecule has 96 valence electrons. The molecule has 3 N–H and O–H groups in total. The summed E-state index contributed by atoms with van der Waals surface area (Å²) in [6.45, 7) is 0. The van der Waals surface area contributed by atoms with Crippen molar-refractivity contribution in [2.24, 2.45) is 0 Å². The van der Waals surface area contributed by atoms with Crippen molar-refractivity contribution in [2.45, 2.75) is 0 Å². The number of nitrogens with two attached hydrogens (primary N) is 1. The maximum atomic E-state index is 11.8. The van der Waals surface area contributed by atoms with Crippen LogP contribution >= 0.6 is 22.6 Å². The second-order valence-corrected chi connectivity index (χ2v) is 5.25. The molecule has 0 radical (unpaired) electrons. The van der Waals surface area contributed by atoms with Crippen LogP contribution in [-0.2, 0) is 4.79 Å². The van der Waals surface area contributed by atoms with Crippen molar-refractivity contribution < 1.29 is 4.79 Å².